The number of hydrogen-bond donors (Lipinski definition) is 1. The van der Waals surface area contributed by atoms with Crippen molar-refractivity contribution in [3.63, 3.8) is 0 Å². The summed E-state index contributed by atoms with van der Waals surface area (Å²) in [5.41, 5.74) is 2.64. The van der Waals surface area contributed by atoms with Gasteiger partial charge >= 0.3 is 0 Å². The van der Waals surface area contributed by atoms with E-state index in [1.54, 1.807) is 6.07 Å². The lowest BCUT2D eigenvalue weighted by Gasteiger charge is -2.12. The summed E-state index contributed by atoms with van der Waals surface area (Å²) in [6, 6.07) is 15.2. The van der Waals surface area contributed by atoms with Gasteiger partial charge in [0.25, 0.3) is 11.8 Å². The number of aromatic nitrogens is 2. The van der Waals surface area contributed by atoms with E-state index in [0.29, 0.717) is 29.6 Å². The predicted octanol–water partition coefficient (Wildman–Crippen LogP) is 3.39. The molecule has 1 N–H and O–H groups in total. The third kappa shape index (κ3) is 4.81. The van der Waals surface area contributed by atoms with Gasteiger partial charge in [0.15, 0.2) is 6.61 Å². The first-order valence-electron chi connectivity index (χ1n) is 9.70. The number of ether oxygens (including phenoxy) is 2. The Morgan fingerprint density at radius 1 is 1.24 bits per heavy atom. The number of rotatable bonds is 7. The number of nitrogens with zero attached hydrogens (tertiary/aromatic N) is 2. The van der Waals surface area contributed by atoms with E-state index >= 15 is 0 Å². The number of amides is 1. The molecule has 3 aromatic rings. The maximum atomic E-state index is 12.1. The quantitative estimate of drug-likeness (QED) is 0.662. The molecule has 1 amide bonds. The molecule has 0 radical (unpaired) electrons. The lowest BCUT2D eigenvalue weighted by atomic mass is 10.1. The Morgan fingerprint density at radius 3 is 2.97 bits per heavy atom. The molecule has 1 unspecified atom stereocenters. The van der Waals surface area contributed by atoms with Crippen LogP contribution >= 0.6 is 0 Å². The largest absolute Gasteiger partial charge is 0.483 e. The molecule has 150 valence electrons. The van der Waals surface area contributed by atoms with E-state index in [-0.39, 0.29) is 18.6 Å². The number of hydrogen-bond acceptors (Lipinski definition) is 6. The minimum Gasteiger partial charge on any atom is -0.483 e. The molecular weight excluding hydrogens is 370 g/mol. The van der Waals surface area contributed by atoms with Crippen LogP contribution in [0.25, 0.3) is 22.8 Å². The summed E-state index contributed by atoms with van der Waals surface area (Å²) in [6.45, 7) is 3.19. The van der Waals surface area contributed by atoms with Gasteiger partial charge in [-0.1, -0.05) is 41.1 Å². The molecule has 1 aromatic heterocycles. The Balaban J connectivity index is 1.42. The second kappa shape index (κ2) is 8.87. The zero-order valence-corrected chi connectivity index (χ0v) is 16.3. The third-order valence-corrected chi connectivity index (χ3v) is 4.73. The standard InChI is InChI=1S/C22H23N3O4/c1-15-6-4-7-16(12-15)21-24-22(29-25-21)18-9-2-3-10-19(18)28-14-20(26)23-13-17-8-5-11-27-17/h2-4,6-7,9-10,12,17H,5,8,11,13-14H2,1H3,(H,23,26). The maximum absolute atomic E-state index is 12.1. The first kappa shape index (κ1) is 19.1. The molecule has 1 aliphatic rings. The van der Waals surface area contributed by atoms with Crippen LogP contribution in [0.3, 0.4) is 0 Å². The highest BCUT2D eigenvalue weighted by molar-refractivity contribution is 5.78. The lowest BCUT2D eigenvalue weighted by Crippen LogP contribution is -2.35. The molecule has 2 aromatic carbocycles. The van der Waals surface area contributed by atoms with Crippen LogP contribution in [0.5, 0.6) is 5.75 Å². The van der Waals surface area contributed by atoms with Crippen molar-refractivity contribution in [3.8, 4) is 28.6 Å². The number of benzene rings is 2. The van der Waals surface area contributed by atoms with E-state index in [1.165, 1.54) is 0 Å². The molecule has 4 rings (SSSR count). The van der Waals surface area contributed by atoms with Crippen LogP contribution in [-0.2, 0) is 9.53 Å². The van der Waals surface area contributed by atoms with Crippen molar-refractivity contribution < 1.29 is 18.8 Å². The van der Waals surface area contributed by atoms with E-state index < -0.39 is 0 Å². The number of para-hydroxylation sites is 1. The minimum atomic E-state index is -0.193. The van der Waals surface area contributed by atoms with Crippen LogP contribution in [0.1, 0.15) is 18.4 Å². The van der Waals surface area contributed by atoms with Gasteiger partial charge in [-0.25, -0.2) is 0 Å². The Kier molecular flexibility index (Phi) is 5.86. The number of carbonyl (C=O) groups is 1. The van der Waals surface area contributed by atoms with E-state index in [0.717, 1.165) is 30.6 Å². The van der Waals surface area contributed by atoms with Gasteiger partial charge in [0.1, 0.15) is 5.75 Å². The molecule has 1 aliphatic heterocycles. The first-order chi connectivity index (χ1) is 14.2. The second-order valence-corrected chi connectivity index (χ2v) is 7.02. The van der Waals surface area contributed by atoms with Crippen molar-refractivity contribution in [2.45, 2.75) is 25.9 Å². The summed E-state index contributed by atoms with van der Waals surface area (Å²) in [5, 5.41) is 6.92. The van der Waals surface area contributed by atoms with E-state index in [9.17, 15) is 4.79 Å². The van der Waals surface area contributed by atoms with Crippen molar-refractivity contribution in [1.29, 1.82) is 0 Å². The molecule has 1 fully saturated rings. The van der Waals surface area contributed by atoms with Gasteiger partial charge in [0.05, 0.1) is 11.7 Å². The highest BCUT2D eigenvalue weighted by Crippen LogP contribution is 2.30. The topological polar surface area (TPSA) is 86.5 Å². The normalized spacial score (nSPS) is 16.0. The van der Waals surface area contributed by atoms with Gasteiger partial charge in [0, 0.05) is 18.7 Å². The fourth-order valence-corrected chi connectivity index (χ4v) is 3.23. The molecule has 29 heavy (non-hydrogen) atoms. The number of aryl methyl sites for hydroxylation is 1. The fraction of sp³-hybridized carbons (Fsp3) is 0.318. The summed E-state index contributed by atoms with van der Waals surface area (Å²) >= 11 is 0. The van der Waals surface area contributed by atoms with E-state index in [1.807, 2.05) is 49.4 Å². The molecule has 0 spiro atoms. The molecule has 7 nitrogen and oxygen atoms in total. The molecule has 2 heterocycles. The number of nitrogens with one attached hydrogen (secondary N) is 1. The Hall–Kier alpha value is -3.19. The van der Waals surface area contributed by atoms with Crippen molar-refractivity contribution in [1.82, 2.24) is 15.5 Å². The van der Waals surface area contributed by atoms with Crippen molar-refractivity contribution in [3.05, 3.63) is 54.1 Å². The molecular formula is C22H23N3O4. The van der Waals surface area contributed by atoms with Gasteiger partial charge in [-0.3, -0.25) is 4.79 Å². The van der Waals surface area contributed by atoms with Gasteiger partial charge < -0.3 is 19.3 Å². The third-order valence-electron chi connectivity index (χ3n) is 4.73. The maximum Gasteiger partial charge on any atom is 0.262 e. The van der Waals surface area contributed by atoms with Crippen LogP contribution in [0.15, 0.2) is 53.1 Å². The summed E-state index contributed by atoms with van der Waals surface area (Å²) in [6.07, 6.45) is 2.12. The summed E-state index contributed by atoms with van der Waals surface area (Å²) in [5.74, 6) is 1.17. The molecule has 7 heteroatoms. The molecule has 0 aliphatic carbocycles. The van der Waals surface area contributed by atoms with Crippen LogP contribution in [0, 0.1) is 6.92 Å². The van der Waals surface area contributed by atoms with Gasteiger partial charge in [-0.2, -0.15) is 4.98 Å². The second-order valence-electron chi connectivity index (χ2n) is 7.02. The molecule has 1 atom stereocenters. The lowest BCUT2D eigenvalue weighted by molar-refractivity contribution is -0.123. The Labute approximate surface area is 169 Å². The van der Waals surface area contributed by atoms with Gasteiger partial charge in [-0.15, -0.1) is 0 Å². The average Bonchev–Trinajstić information content (AvgIpc) is 3.43. The van der Waals surface area contributed by atoms with Crippen molar-refractivity contribution >= 4 is 5.91 Å². The van der Waals surface area contributed by atoms with Crippen molar-refractivity contribution in [2.24, 2.45) is 0 Å². The Bertz CT molecular complexity index is 979. The van der Waals surface area contributed by atoms with Crippen molar-refractivity contribution in [2.75, 3.05) is 19.8 Å². The zero-order chi connectivity index (χ0) is 20.1. The summed E-state index contributed by atoms with van der Waals surface area (Å²) in [7, 11) is 0. The van der Waals surface area contributed by atoms with Crippen LogP contribution in [0.2, 0.25) is 0 Å². The summed E-state index contributed by atoms with van der Waals surface area (Å²) < 4.78 is 16.7. The smallest absolute Gasteiger partial charge is 0.262 e. The molecule has 0 bridgehead atoms. The molecule has 0 saturated carbocycles. The SMILES string of the molecule is Cc1cccc(-c2noc(-c3ccccc3OCC(=O)NCC3CCCO3)n2)c1. The number of carbonyl (C=O) groups excluding carboxylic acids is 1. The van der Waals surface area contributed by atoms with E-state index in [4.69, 9.17) is 14.0 Å². The monoisotopic (exact) mass is 393 g/mol. The average molecular weight is 393 g/mol. The highest BCUT2D eigenvalue weighted by atomic mass is 16.5. The molecule has 1 saturated heterocycles. The predicted molar refractivity (Wildman–Crippen MR) is 107 cm³/mol. The zero-order valence-electron chi connectivity index (χ0n) is 16.3. The first-order valence-corrected chi connectivity index (χ1v) is 9.70. The Morgan fingerprint density at radius 2 is 2.14 bits per heavy atom. The summed E-state index contributed by atoms with van der Waals surface area (Å²) in [4.78, 5) is 16.6. The highest BCUT2D eigenvalue weighted by Gasteiger charge is 2.18. The van der Waals surface area contributed by atoms with Gasteiger partial charge in [0.2, 0.25) is 5.82 Å². The minimum absolute atomic E-state index is 0.0946. The van der Waals surface area contributed by atoms with E-state index in [2.05, 4.69) is 15.5 Å². The van der Waals surface area contributed by atoms with Gasteiger partial charge in [-0.05, 0) is 38.0 Å². The van der Waals surface area contributed by atoms with Crippen LogP contribution in [0.4, 0.5) is 0 Å². The fourth-order valence-electron chi connectivity index (χ4n) is 3.23. The van der Waals surface area contributed by atoms with Crippen LogP contribution < -0.4 is 10.1 Å². The van der Waals surface area contributed by atoms with Crippen LogP contribution in [-0.4, -0.2) is 41.9 Å².